The Balaban J connectivity index is 1.86. The number of anilines is 2. The highest BCUT2D eigenvalue weighted by atomic mass is 16.5. The first kappa shape index (κ1) is 12.8. The molecule has 0 saturated heterocycles. The Morgan fingerprint density at radius 2 is 2.20 bits per heavy atom. The fourth-order valence-electron chi connectivity index (χ4n) is 2.66. The van der Waals surface area contributed by atoms with Crippen molar-refractivity contribution >= 4 is 11.4 Å². The zero-order valence-electron chi connectivity index (χ0n) is 11.9. The van der Waals surface area contributed by atoms with Gasteiger partial charge in [0.15, 0.2) is 0 Å². The molecule has 0 amide bonds. The number of nitrogens with two attached hydrogens (primary N) is 1. The van der Waals surface area contributed by atoms with Crippen LogP contribution in [0.3, 0.4) is 0 Å². The van der Waals surface area contributed by atoms with E-state index in [4.69, 9.17) is 10.5 Å². The van der Waals surface area contributed by atoms with Crippen molar-refractivity contribution in [3.05, 3.63) is 47.2 Å². The van der Waals surface area contributed by atoms with Gasteiger partial charge in [0, 0.05) is 24.0 Å². The Bertz CT molecular complexity index is 640. The number of rotatable bonds is 3. The van der Waals surface area contributed by atoms with E-state index in [1.165, 1.54) is 11.3 Å². The molecule has 1 aromatic heterocycles. The van der Waals surface area contributed by atoms with Crippen molar-refractivity contribution in [3.8, 4) is 5.88 Å². The molecule has 0 unspecified atom stereocenters. The fraction of sp³-hybridized carbons (Fsp3) is 0.312. The van der Waals surface area contributed by atoms with E-state index in [9.17, 15) is 0 Å². The minimum Gasteiger partial charge on any atom is -0.481 e. The standard InChI is InChI=1S/C16H19N3O/c1-11-8-12-6-7-19(15(12)9-14(11)17)10-13-4-3-5-16(18-13)20-2/h3-5,8-9H,6-7,10,17H2,1-2H3. The Labute approximate surface area is 119 Å². The van der Waals surface area contributed by atoms with E-state index in [0.29, 0.717) is 5.88 Å². The predicted molar refractivity (Wildman–Crippen MR) is 81.1 cm³/mol. The summed E-state index contributed by atoms with van der Waals surface area (Å²) in [6, 6.07) is 10.1. The summed E-state index contributed by atoms with van der Waals surface area (Å²) in [5.74, 6) is 0.658. The summed E-state index contributed by atoms with van der Waals surface area (Å²) in [7, 11) is 1.64. The molecule has 2 N–H and O–H groups in total. The maximum atomic E-state index is 6.03. The molecule has 104 valence electrons. The molecule has 4 heteroatoms. The number of aryl methyl sites for hydroxylation is 1. The van der Waals surface area contributed by atoms with Crippen LogP contribution in [0.25, 0.3) is 0 Å². The molecule has 0 saturated carbocycles. The average molecular weight is 269 g/mol. The van der Waals surface area contributed by atoms with Crippen molar-refractivity contribution in [1.29, 1.82) is 0 Å². The third kappa shape index (κ3) is 2.29. The minimum atomic E-state index is 0.658. The molecule has 0 aliphatic carbocycles. The van der Waals surface area contributed by atoms with Gasteiger partial charge in [0.2, 0.25) is 5.88 Å². The van der Waals surface area contributed by atoms with Gasteiger partial charge in [-0.25, -0.2) is 4.98 Å². The van der Waals surface area contributed by atoms with Crippen LogP contribution < -0.4 is 15.4 Å². The van der Waals surface area contributed by atoms with Crippen molar-refractivity contribution in [1.82, 2.24) is 4.98 Å². The van der Waals surface area contributed by atoms with Gasteiger partial charge in [-0.05, 0) is 36.6 Å². The number of nitrogens with zero attached hydrogens (tertiary/aromatic N) is 2. The first-order valence-electron chi connectivity index (χ1n) is 6.81. The molecule has 0 fully saturated rings. The van der Waals surface area contributed by atoms with Crippen LogP contribution in [-0.4, -0.2) is 18.6 Å². The second-order valence-electron chi connectivity index (χ2n) is 5.18. The molecule has 0 bridgehead atoms. The van der Waals surface area contributed by atoms with Crippen molar-refractivity contribution < 1.29 is 4.74 Å². The summed E-state index contributed by atoms with van der Waals surface area (Å²) in [4.78, 5) is 6.80. The molecular weight excluding hydrogens is 250 g/mol. The van der Waals surface area contributed by atoms with E-state index in [2.05, 4.69) is 28.9 Å². The van der Waals surface area contributed by atoms with Crippen molar-refractivity contribution in [2.24, 2.45) is 0 Å². The third-order valence-corrected chi connectivity index (χ3v) is 3.80. The third-order valence-electron chi connectivity index (χ3n) is 3.80. The van der Waals surface area contributed by atoms with Crippen LogP contribution in [0, 0.1) is 6.92 Å². The van der Waals surface area contributed by atoms with Crippen LogP contribution in [0.15, 0.2) is 30.3 Å². The number of pyridine rings is 1. The van der Waals surface area contributed by atoms with E-state index in [1.54, 1.807) is 7.11 Å². The molecule has 4 nitrogen and oxygen atoms in total. The molecule has 0 atom stereocenters. The van der Waals surface area contributed by atoms with Gasteiger partial charge in [0.05, 0.1) is 19.3 Å². The van der Waals surface area contributed by atoms with Crippen LogP contribution in [-0.2, 0) is 13.0 Å². The van der Waals surface area contributed by atoms with Crippen LogP contribution >= 0.6 is 0 Å². The summed E-state index contributed by atoms with van der Waals surface area (Å²) in [6.45, 7) is 3.85. The van der Waals surface area contributed by atoms with Crippen LogP contribution in [0.2, 0.25) is 0 Å². The maximum absolute atomic E-state index is 6.03. The molecule has 1 aliphatic heterocycles. The Kier molecular flexibility index (Phi) is 3.22. The number of benzene rings is 1. The van der Waals surface area contributed by atoms with Gasteiger partial charge in [-0.2, -0.15) is 0 Å². The van der Waals surface area contributed by atoms with Gasteiger partial charge in [-0.15, -0.1) is 0 Å². The second kappa shape index (κ2) is 5.04. The summed E-state index contributed by atoms with van der Waals surface area (Å²) in [6.07, 6.45) is 1.07. The van der Waals surface area contributed by atoms with Crippen LogP contribution in [0.1, 0.15) is 16.8 Å². The smallest absolute Gasteiger partial charge is 0.213 e. The van der Waals surface area contributed by atoms with Crippen molar-refractivity contribution in [2.75, 3.05) is 24.3 Å². The zero-order chi connectivity index (χ0) is 14.1. The average Bonchev–Trinajstić information content (AvgIpc) is 2.82. The Morgan fingerprint density at radius 3 is 3.00 bits per heavy atom. The largest absolute Gasteiger partial charge is 0.481 e. The molecule has 1 aliphatic rings. The number of methoxy groups -OCH3 is 1. The summed E-state index contributed by atoms with van der Waals surface area (Å²) in [5.41, 5.74) is 11.7. The quantitative estimate of drug-likeness (QED) is 0.870. The topological polar surface area (TPSA) is 51.4 Å². The van der Waals surface area contributed by atoms with Gasteiger partial charge in [-0.3, -0.25) is 0 Å². The molecule has 2 aromatic rings. The van der Waals surface area contributed by atoms with Gasteiger partial charge in [-0.1, -0.05) is 12.1 Å². The number of aromatic nitrogens is 1. The van der Waals surface area contributed by atoms with E-state index in [1.807, 2.05) is 18.2 Å². The zero-order valence-corrected chi connectivity index (χ0v) is 11.9. The number of ether oxygens (including phenoxy) is 1. The summed E-state index contributed by atoms with van der Waals surface area (Å²) >= 11 is 0. The first-order valence-corrected chi connectivity index (χ1v) is 6.81. The fourth-order valence-corrected chi connectivity index (χ4v) is 2.66. The molecule has 2 heterocycles. The lowest BCUT2D eigenvalue weighted by molar-refractivity contribution is 0.396. The molecule has 1 aromatic carbocycles. The number of nitrogen functional groups attached to an aromatic ring is 1. The monoisotopic (exact) mass is 269 g/mol. The molecule has 20 heavy (non-hydrogen) atoms. The van der Waals surface area contributed by atoms with E-state index < -0.39 is 0 Å². The SMILES string of the molecule is COc1cccc(CN2CCc3cc(C)c(N)cc32)n1. The number of hydrogen-bond donors (Lipinski definition) is 1. The molecule has 3 rings (SSSR count). The molecule has 0 spiro atoms. The predicted octanol–water partition coefficient (Wildman–Crippen LogP) is 2.54. The highest BCUT2D eigenvalue weighted by Crippen LogP contribution is 2.32. The summed E-state index contributed by atoms with van der Waals surface area (Å²) in [5, 5.41) is 0. The maximum Gasteiger partial charge on any atom is 0.213 e. The van der Waals surface area contributed by atoms with E-state index in [-0.39, 0.29) is 0 Å². The number of hydrogen-bond acceptors (Lipinski definition) is 4. The Morgan fingerprint density at radius 1 is 1.35 bits per heavy atom. The lowest BCUT2D eigenvalue weighted by Gasteiger charge is -2.20. The number of fused-ring (bicyclic) bond motifs is 1. The van der Waals surface area contributed by atoms with Gasteiger partial charge in [0.1, 0.15) is 0 Å². The van der Waals surface area contributed by atoms with Crippen molar-refractivity contribution in [2.45, 2.75) is 19.9 Å². The van der Waals surface area contributed by atoms with Crippen LogP contribution in [0.4, 0.5) is 11.4 Å². The molecular formula is C16H19N3O. The lowest BCUT2D eigenvalue weighted by Crippen LogP contribution is -2.20. The highest BCUT2D eigenvalue weighted by molar-refractivity contribution is 5.67. The normalized spacial score (nSPS) is 13.4. The van der Waals surface area contributed by atoms with E-state index in [0.717, 1.165) is 36.5 Å². The lowest BCUT2D eigenvalue weighted by atomic mass is 10.1. The van der Waals surface area contributed by atoms with Crippen LogP contribution in [0.5, 0.6) is 5.88 Å². The first-order chi connectivity index (χ1) is 9.67. The summed E-state index contributed by atoms with van der Waals surface area (Å²) < 4.78 is 5.17. The van der Waals surface area contributed by atoms with Gasteiger partial charge < -0.3 is 15.4 Å². The van der Waals surface area contributed by atoms with Crippen molar-refractivity contribution in [3.63, 3.8) is 0 Å². The molecule has 0 radical (unpaired) electrons. The minimum absolute atomic E-state index is 0.658. The second-order valence-corrected chi connectivity index (χ2v) is 5.18. The Hall–Kier alpha value is -2.23. The highest BCUT2D eigenvalue weighted by Gasteiger charge is 2.20. The van der Waals surface area contributed by atoms with Gasteiger partial charge >= 0.3 is 0 Å². The van der Waals surface area contributed by atoms with E-state index >= 15 is 0 Å². The van der Waals surface area contributed by atoms with Gasteiger partial charge in [0.25, 0.3) is 0 Å².